The lowest BCUT2D eigenvalue weighted by Crippen LogP contribution is -2.48. The summed E-state index contributed by atoms with van der Waals surface area (Å²) in [5.74, 6) is -1.06. The molecule has 0 spiro atoms. The zero-order valence-electron chi connectivity index (χ0n) is 10.9. The molecule has 3 N–H and O–H groups in total. The van der Waals surface area contributed by atoms with Crippen LogP contribution in [0.15, 0.2) is 0 Å². The zero-order chi connectivity index (χ0) is 14.0. The fraction of sp³-hybridized carbons (Fsp3) is 0.833. The van der Waals surface area contributed by atoms with Gasteiger partial charge in [0.2, 0.25) is 0 Å². The number of carbonyl (C=O) groups excluding carboxylic acids is 1. The number of nitrogens with one attached hydrogen (secondary N) is 1. The number of rotatable bonds is 3. The molecule has 7 heteroatoms. The fourth-order valence-corrected chi connectivity index (χ4v) is 3.61. The third kappa shape index (κ3) is 3.33. The monoisotopic (exact) mass is 288 g/mol. The molecule has 0 aromatic rings. The van der Waals surface area contributed by atoms with Crippen molar-refractivity contribution in [1.29, 1.82) is 0 Å². The SMILES string of the molecule is CSC1CCC(NC(=O)N2CC(O)CC2C(=O)O)C1. The summed E-state index contributed by atoms with van der Waals surface area (Å²) >= 11 is 1.80. The lowest BCUT2D eigenvalue weighted by Gasteiger charge is -2.24. The Kier molecular flexibility index (Phi) is 4.57. The first-order valence-corrected chi connectivity index (χ1v) is 7.81. The number of likely N-dealkylation sites (tertiary alicyclic amines) is 1. The second-order valence-electron chi connectivity index (χ2n) is 5.21. The smallest absolute Gasteiger partial charge is 0.326 e. The van der Waals surface area contributed by atoms with Crippen molar-refractivity contribution in [3.8, 4) is 0 Å². The molecular weight excluding hydrogens is 268 g/mol. The molecule has 1 aliphatic heterocycles. The minimum atomic E-state index is -1.06. The first-order valence-electron chi connectivity index (χ1n) is 6.52. The van der Waals surface area contributed by atoms with E-state index in [1.807, 2.05) is 0 Å². The van der Waals surface area contributed by atoms with Crippen molar-refractivity contribution < 1.29 is 19.8 Å². The third-order valence-corrected chi connectivity index (χ3v) is 4.97. The van der Waals surface area contributed by atoms with E-state index in [1.54, 1.807) is 11.8 Å². The molecule has 0 aromatic heterocycles. The number of carboxylic acids is 1. The summed E-state index contributed by atoms with van der Waals surface area (Å²) in [7, 11) is 0. The van der Waals surface area contributed by atoms with Crippen LogP contribution in [0.4, 0.5) is 4.79 Å². The van der Waals surface area contributed by atoms with Crippen molar-refractivity contribution >= 4 is 23.8 Å². The number of hydrogen-bond donors (Lipinski definition) is 3. The van der Waals surface area contributed by atoms with Gasteiger partial charge in [0.15, 0.2) is 0 Å². The van der Waals surface area contributed by atoms with E-state index in [1.165, 1.54) is 4.90 Å². The van der Waals surface area contributed by atoms with E-state index in [4.69, 9.17) is 5.11 Å². The number of thioether (sulfide) groups is 1. The highest BCUT2D eigenvalue weighted by Crippen LogP contribution is 2.28. The van der Waals surface area contributed by atoms with Gasteiger partial charge in [0.05, 0.1) is 6.10 Å². The van der Waals surface area contributed by atoms with Crippen LogP contribution < -0.4 is 5.32 Å². The minimum absolute atomic E-state index is 0.0987. The topological polar surface area (TPSA) is 89.9 Å². The maximum Gasteiger partial charge on any atom is 0.326 e. The minimum Gasteiger partial charge on any atom is -0.480 e. The molecule has 108 valence electrons. The number of carbonyl (C=O) groups is 2. The first kappa shape index (κ1) is 14.5. The van der Waals surface area contributed by atoms with Crippen molar-refractivity contribution in [2.75, 3.05) is 12.8 Å². The molecule has 4 unspecified atom stereocenters. The third-order valence-electron chi connectivity index (χ3n) is 3.87. The van der Waals surface area contributed by atoms with Gasteiger partial charge in [-0.2, -0.15) is 11.8 Å². The van der Waals surface area contributed by atoms with E-state index in [9.17, 15) is 14.7 Å². The summed E-state index contributed by atoms with van der Waals surface area (Å²) in [6.45, 7) is 0.0987. The van der Waals surface area contributed by atoms with Crippen LogP contribution in [-0.4, -0.2) is 63.4 Å². The molecule has 4 atom stereocenters. The quantitative estimate of drug-likeness (QED) is 0.703. The van der Waals surface area contributed by atoms with Crippen molar-refractivity contribution in [2.24, 2.45) is 0 Å². The lowest BCUT2D eigenvalue weighted by atomic mass is 10.2. The van der Waals surface area contributed by atoms with Crippen molar-refractivity contribution in [3.63, 3.8) is 0 Å². The van der Waals surface area contributed by atoms with Gasteiger partial charge in [-0.15, -0.1) is 0 Å². The average Bonchev–Trinajstić information content (AvgIpc) is 2.95. The normalized spacial score (nSPS) is 34.5. The maximum atomic E-state index is 12.1. The summed E-state index contributed by atoms with van der Waals surface area (Å²) in [6, 6.07) is -1.15. The molecule has 1 saturated heterocycles. The van der Waals surface area contributed by atoms with Gasteiger partial charge < -0.3 is 20.4 Å². The molecule has 1 aliphatic carbocycles. The van der Waals surface area contributed by atoms with Gasteiger partial charge in [-0.25, -0.2) is 9.59 Å². The predicted octanol–water partition coefficient (Wildman–Crippen LogP) is 0.500. The molecule has 1 heterocycles. The van der Waals surface area contributed by atoms with Gasteiger partial charge in [-0.1, -0.05) is 0 Å². The molecular formula is C12H20N2O4S. The zero-order valence-corrected chi connectivity index (χ0v) is 11.7. The number of amides is 2. The summed E-state index contributed by atoms with van der Waals surface area (Å²) in [5, 5.41) is 22.0. The molecule has 2 fully saturated rings. The van der Waals surface area contributed by atoms with E-state index in [-0.39, 0.29) is 25.0 Å². The average molecular weight is 288 g/mol. The van der Waals surface area contributed by atoms with E-state index in [0.29, 0.717) is 5.25 Å². The number of nitrogens with zero attached hydrogens (tertiary/aromatic N) is 1. The van der Waals surface area contributed by atoms with Crippen LogP contribution >= 0.6 is 11.8 Å². The van der Waals surface area contributed by atoms with Gasteiger partial charge in [0, 0.05) is 24.3 Å². The Hall–Kier alpha value is -0.950. The van der Waals surface area contributed by atoms with Crippen LogP contribution in [0.2, 0.25) is 0 Å². The maximum absolute atomic E-state index is 12.1. The summed E-state index contributed by atoms with van der Waals surface area (Å²) in [6.07, 6.45) is 4.38. The van der Waals surface area contributed by atoms with Gasteiger partial charge in [0.25, 0.3) is 0 Å². The van der Waals surface area contributed by atoms with Gasteiger partial charge in [0.1, 0.15) is 6.04 Å². The summed E-state index contributed by atoms with van der Waals surface area (Å²) in [5.41, 5.74) is 0. The van der Waals surface area contributed by atoms with Crippen LogP contribution in [-0.2, 0) is 4.79 Å². The Morgan fingerprint density at radius 3 is 2.63 bits per heavy atom. The number of hydrogen-bond acceptors (Lipinski definition) is 4. The van der Waals surface area contributed by atoms with Crippen LogP contribution in [0, 0.1) is 0 Å². The molecule has 2 amide bonds. The molecule has 1 saturated carbocycles. The highest BCUT2D eigenvalue weighted by atomic mass is 32.2. The number of urea groups is 1. The van der Waals surface area contributed by atoms with Crippen LogP contribution in [0.25, 0.3) is 0 Å². The molecule has 19 heavy (non-hydrogen) atoms. The van der Waals surface area contributed by atoms with Gasteiger partial charge >= 0.3 is 12.0 Å². The Labute approximate surface area is 116 Å². The van der Waals surface area contributed by atoms with Crippen molar-refractivity contribution in [3.05, 3.63) is 0 Å². The summed E-state index contributed by atoms with van der Waals surface area (Å²) in [4.78, 5) is 24.4. The van der Waals surface area contributed by atoms with Gasteiger partial charge in [-0.3, -0.25) is 0 Å². The second kappa shape index (κ2) is 6.00. The number of β-amino-alcohol motifs (C(OH)–C–C–N with tert-alkyl or cyclic N) is 1. The lowest BCUT2D eigenvalue weighted by molar-refractivity contribution is -0.141. The highest BCUT2D eigenvalue weighted by Gasteiger charge is 2.39. The molecule has 0 aromatic carbocycles. The molecule has 0 radical (unpaired) electrons. The van der Waals surface area contributed by atoms with Crippen LogP contribution in [0.5, 0.6) is 0 Å². The second-order valence-corrected chi connectivity index (χ2v) is 6.35. The molecule has 0 bridgehead atoms. The number of aliphatic carboxylic acids is 1. The van der Waals surface area contributed by atoms with Crippen molar-refractivity contribution in [2.45, 2.75) is 49.1 Å². The van der Waals surface area contributed by atoms with E-state index < -0.39 is 18.1 Å². The summed E-state index contributed by atoms with van der Waals surface area (Å²) < 4.78 is 0. The Morgan fingerprint density at radius 2 is 2.05 bits per heavy atom. The van der Waals surface area contributed by atoms with E-state index in [0.717, 1.165) is 19.3 Å². The number of carboxylic acid groups (broad SMARTS) is 1. The van der Waals surface area contributed by atoms with Crippen LogP contribution in [0.1, 0.15) is 25.7 Å². The standard InChI is InChI=1S/C12H20N2O4S/c1-19-9-3-2-7(4-9)13-12(18)14-6-8(15)5-10(14)11(16)17/h7-10,15H,2-6H2,1H3,(H,13,18)(H,16,17). The largest absolute Gasteiger partial charge is 0.480 e. The Bertz CT molecular complexity index is 366. The van der Waals surface area contributed by atoms with Gasteiger partial charge in [-0.05, 0) is 25.5 Å². The Balaban J connectivity index is 1.90. The van der Waals surface area contributed by atoms with E-state index in [2.05, 4.69) is 11.6 Å². The Morgan fingerprint density at radius 1 is 1.32 bits per heavy atom. The van der Waals surface area contributed by atoms with Crippen LogP contribution in [0.3, 0.4) is 0 Å². The molecule has 2 aliphatic rings. The van der Waals surface area contributed by atoms with E-state index >= 15 is 0 Å². The highest BCUT2D eigenvalue weighted by molar-refractivity contribution is 7.99. The van der Waals surface area contributed by atoms with Crippen molar-refractivity contribution in [1.82, 2.24) is 10.2 Å². The number of aliphatic hydroxyl groups is 1. The first-order chi connectivity index (χ1) is 9.01. The predicted molar refractivity (Wildman–Crippen MR) is 72.2 cm³/mol. The molecule has 6 nitrogen and oxygen atoms in total. The molecule has 2 rings (SSSR count). The fourth-order valence-electron chi connectivity index (χ4n) is 2.82. The number of aliphatic hydroxyl groups excluding tert-OH is 1.